The maximum atomic E-state index is 13.7. The molecule has 0 bridgehead atoms. The Balaban J connectivity index is 1.84. The van der Waals surface area contributed by atoms with Crippen molar-refractivity contribution in [1.29, 1.82) is 0 Å². The minimum atomic E-state index is -0.315. The number of halogens is 1. The van der Waals surface area contributed by atoms with E-state index < -0.39 is 0 Å². The molecular formula is C18H29FN4O2. The standard InChI is InChI=1S/C18H29FN4O2/c1-3-20-18(22-14-17-16(19)6-4-9-21-17)23-10-7-15(8-11-23)25-13-5-12-24-2/h4,6,9,15H,3,5,7-8,10-14H2,1-2H3,(H,20,22). The molecule has 6 nitrogen and oxygen atoms in total. The molecule has 1 fully saturated rings. The Morgan fingerprint density at radius 1 is 1.40 bits per heavy atom. The lowest BCUT2D eigenvalue weighted by Gasteiger charge is -2.34. The molecule has 1 aliphatic rings. The Bertz CT molecular complexity index is 534. The lowest BCUT2D eigenvalue weighted by Crippen LogP contribution is -2.47. The molecule has 1 aromatic rings. The maximum Gasteiger partial charge on any atom is 0.194 e. The van der Waals surface area contributed by atoms with E-state index in [4.69, 9.17) is 9.47 Å². The normalized spacial score (nSPS) is 16.3. The van der Waals surface area contributed by atoms with Gasteiger partial charge < -0.3 is 19.7 Å². The smallest absolute Gasteiger partial charge is 0.194 e. The van der Waals surface area contributed by atoms with Gasteiger partial charge in [0, 0.05) is 46.2 Å². The van der Waals surface area contributed by atoms with Gasteiger partial charge in [0.1, 0.15) is 5.82 Å². The van der Waals surface area contributed by atoms with Crippen molar-refractivity contribution in [1.82, 2.24) is 15.2 Å². The molecule has 0 spiro atoms. The van der Waals surface area contributed by atoms with Gasteiger partial charge in [0.15, 0.2) is 5.96 Å². The van der Waals surface area contributed by atoms with Gasteiger partial charge in [-0.25, -0.2) is 9.38 Å². The first kappa shape index (κ1) is 19.6. The van der Waals surface area contributed by atoms with Crippen LogP contribution < -0.4 is 5.32 Å². The topological polar surface area (TPSA) is 59.0 Å². The molecule has 25 heavy (non-hydrogen) atoms. The molecule has 1 N–H and O–H groups in total. The van der Waals surface area contributed by atoms with Gasteiger partial charge in [-0.1, -0.05) is 0 Å². The van der Waals surface area contributed by atoms with E-state index in [-0.39, 0.29) is 12.4 Å². The summed E-state index contributed by atoms with van der Waals surface area (Å²) in [5, 5.41) is 3.29. The van der Waals surface area contributed by atoms with Crippen molar-refractivity contribution in [2.24, 2.45) is 4.99 Å². The van der Waals surface area contributed by atoms with Crippen molar-refractivity contribution < 1.29 is 13.9 Å². The van der Waals surface area contributed by atoms with Crippen LogP contribution >= 0.6 is 0 Å². The number of guanidine groups is 1. The fourth-order valence-corrected chi connectivity index (χ4v) is 2.80. The van der Waals surface area contributed by atoms with Gasteiger partial charge in [-0.15, -0.1) is 0 Å². The van der Waals surface area contributed by atoms with Crippen molar-refractivity contribution in [2.75, 3.05) is 40.0 Å². The number of ether oxygens (including phenoxy) is 2. The number of piperidine rings is 1. The number of aromatic nitrogens is 1. The molecule has 2 rings (SSSR count). The van der Waals surface area contributed by atoms with Gasteiger partial charge in [-0.3, -0.25) is 4.98 Å². The van der Waals surface area contributed by atoms with Crippen LogP contribution in [0.25, 0.3) is 0 Å². The number of nitrogens with zero attached hydrogens (tertiary/aromatic N) is 3. The molecular weight excluding hydrogens is 323 g/mol. The van der Waals surface area contributed by atoms with Crippen LogP contribution in [0.2, 0.25) is 0 Å². The zero-order valence-electron chi connectivity index (χ0n) is 15.2. The van der Waals surface area contributed by atoms with Crippen LogP contribution in [-0.4, -0.2) is 61.9 Å². The number of pyridine rings is 1. The molecule has 0 aliphatic carbocycles. The van der Waals surface area contributed by atoms with E-state index in [9.17, 15) is 4.39 Å². The van der Waals surface area contributed by atoms with E-state index >= 15 is 0 Å². The maximum absolute atomic E-state index is 13.7. The van der Waals surface area contributed by atoms with Crippen LogP contribution in [0.4, 0.5) is 4.39 Å². The SMILES string of the molecule is CCNC(=NCc1ncccc1F)N1CCC(OCCCOC)CC1. The molecule has 0 atom stereocenters. The third kappa shape index (κ3) is 6.59. The summed E-state index contributed by atoms with van der Waals surface area (Å²) in [6.07, 6.45) is 4.75. The number of aliphatic imine (C=N–C) groups is 1. The average Bonchev–Trinajstić information content (AvgIpc) is 2.64. The molecule has 0 unspecified atom stereocenters. The fraction of sp³-hybridized carbons (Fsp3) is 0.667. The highest BCUT2D eigenvalue weighted by atomic mass is 19.1. The summed E-state index contributed by atoms with van der Waals surface area (Å²) in [5.74, 6) is 0.496. The van der Waals surface area contributed by atoms with E-state index in [0.717, 1.165) is 58.1 Å². The Kier molecular flexibility index (Phi) is 8.62. The summed E-state index contributed by atoms with van der Waals surface area (Å²) < 4.78 is 24.6. The van der Waals surface area contributed by atoms with Crippen LogP contribution in [0.1, 0.15) is 31.9 Å². The monoisotopic (exact) mass is 352 g/mol. The van der Waals surface area contributed by atoms with Gasteiger partial charge in [0.05, 0.1) is 18.3 Å². The number of hydrogen-bond acceptors (Lipinski definition) is 4. The molecule has 1 saturated heterocycles. The average molecular weight is 352 g/mol. The highest BCUT2D eigenvalue weighted by molar-refractivity contribution is 5.80. The zero-order chi connectivity index (χ0) is 17.9. The van der Waals surface area contributed by atoms with Crippen LogP contribution in [0.15, 0.2) is 23.3 Å². The van der Waals surface area contributed by atoms with Gasteiger partial charge in [-0.2, -0.15) is 0 Å². The minimum Gasteiger partial charge on any atom is -0.385 e. The Hall–Kier alpha value is -1.73. The molecule has 0 saturated carbocycles. The van der Waals surface area contributed by atoms with Crippen LogP contribution in [0.5, 0.6) is 0 Å². The van der Waals surface area contributed by atoms with Gasteiger partial charge in [0.25, 0.3) is 0 Å². The Morgan fingerprint density at radius 3 is 2.88 bits per heavy atom. The van der Waals surface area contributed by atoms with Crippen LogP contribution in [0.3, 0.4) is 0 Å². The number of methoxy groups -OCH3 is 1. The predicted octanol–water partition coefficient (Wildman–Crippen LogP) is 2.20. The zero-order valence-corrected chi connectivity index (χ0v) is 15.2. The molecule has 7 heteroatoms. The molecule has 0 radical (unpaired) electrons. The molecule has 0 aromatic carbocycles. The van der Waals surface area contributed by atoms with Gasteiger partial charge >= 0.3 is 0 Å². The summed E-state index contributed by atoms with van der Waals surface area (Å²) in [7, 11) is 1.71. The van der Waals surface area contributed by atoms with E-state index in [1.54, 1.807) is 19.4 Å². The minimum absolute atomic E-state index is 0.239. The van der Waals surface area contributed by atoms with Gasteiger partial charge in [0.2, 0.25) is 0 Å². The molecule has 1 aliphatic heterocycles. The van der Waals surface area contributed by atoms with E-state index in [0.29, 0.717) is 11.8 Å². The molecule has 2 heterocycles. The first-order valence-electron chi connectivity index (χ1n) is 8.97. The number of hydrogen-bond donors (Lipinski definition) is 1. The van der Waals surface area contributed by atoms with Crippen molar-refractivity contribution in [3.63, 3.8) is 0 Å². The van der Waals surface area contributed by atoms with Crippen molar-refractivity contribution in [2.45, 2.75) is 38.8 Å². The lowest BCUT2D eigenvalue weighted by molar-refractivity contribution is 0.00990. The lowest BCUT2D eigenvalue weighted by atomic mass is 10.1. The number of likely N-dealkylation sites (tertiary alicyclic amines) is 1. The summed E-state index contributed by atoms with van der Waals surface area (Å²) in [6, 6.07) is 3.00. The van der Waals surface area contributed by atoms with E-state index in [1.165, 1.54) is 6.07 Å². The van der Waals surface area contributed by atoms with Crippen LogP contribution in [-0.2, 0) is 16.0 Å². The summed E-state index contributed by atoms with van der Waals surface area (Å²) in [5.41, 5.74) is 0.370. The van der Waals surface area contributed by atoms with Crippen molar-refractivity contribution >= 4 is 5.96 Å². The fourth-order valence-electron chi connectivity index (χ4n) is 2.80. The predicted molar refractivity (Wildman–Crippen MR) is 96.1 cm³/mol. The molecule has 1 aromatic heterocycles. The summed E-state index contributed by atoms with van der Waals surface area (Å²) in [6.45, 7) is 6.28. The molecule has 0 amide bonds. The van der Waals surface area contributed by atoms with Crippen LogP contribution in [0, 0.1) is 5.82 Å². The second-order valence-electron chi connectivity index (χ2n) is 6.01. The second kappa shape index (κ2) is 11.0. The van der Waals surface area contributed by atoms with E-state index in [2.05, 4.69) is 20.2 Å². The number of nitrogens with one attached hydrogen (secondary N) is 1. The Labute approximate surface area is 149 Å². The Morgan fingerprint density at radius 2 is 2.20 bits per heavy atom. The first-order valence-corrected chi connectivity index (χ1v) is 8.97. The van der Waals surface area contributed by atoms with Gasteiger partial charge in [-0.05, 0) is 38.3 Å². The first-order chi connectivity index (χ1) is 12.2. The highest BCUT2D eigenvalue weighted by Crippen LogP contribution is 2.14. The summed E-state index contributed by atoms with van der Waals surface area (Å²) in [4.78, 5) is 10.8. The van der Waals surface area contributed by atoms with Crippen molar-refractivity contribution in [3.05, 3.63) is 29.8 Å². The third-order valence-corrected chi connectivity index (χ3v) is 4.14. The third-order valence-electron chi connectivity index (χ3n) is 4.14. The highest BCUT2D eigenvalue weighted by Gasteiger charge is 2.21. The number of rotatable bonds is 8. The van der Waals surface area contributed by atoms with Crippen molar-refractivity contribution in [3.8, 4) is 0 Å². The summed E-state index contributed by atoms with van der Waals surface area (Å²) >= 11 is 0. The second-order valence-corrected chi connectivity index (χ2v) is 6.01. The largest absolute Gasteiger partial charge is 0.385 e. The quantitative estimate of drug-likeness (QED) is 0.442. The van der Waals surface area contributed by atoms with E-state index in [1.807, 2.05) is 6.92 Å². The molecule has 140 valence electrons.